The van der Waals surface area contributed by atoms with Crippen LogP contribution in [0.15, 0.2) is 54.6 Å². The molecule has 0 bridgehead atoms. The van der Waals surface area contributed by atoms with Crippen LogP contribution < -0.4 is 4.90 Å². The molecule has 3 aromatic rings. The summed E-state index contributed by atoms with van der Waals surface area (Å²) in [6.07, 6.45) is 3.57. The third kappa shape index (κ3) is 4.85. The highest BCUT2D eigenvalue weighted by atomic mass is 32.1. The molecule has 2 aromatic carbocycles. The zero-order valence-electron chi connectivity index (χ0n) is 17.3. The van der Waals surface area contributed by atoms with Crippen molar-refractivity contribution in [2.45, 2.75) is 32.2 Å². The van der Waals surface area contributed by atoms with E-state index >= 15 is 0 Å². The first-order valence-corrected chi connectivity index (χ1v) is 11.4. The number of piperidine rings is 1. The third-order valence-electron chi connectivity index (χ3n) is 6.22. The van der Waals surface area contributed by atoms with Gasteiger partial charge >= 0.3 is 0 Å². The fraction of sp³-hybridized carbons (Fsp3) is 0.417. The van der Waals surface area contributed by atoms with Crippen molar-refractivity contribution in [3.05, 3.63) is 65.2 Å². The van der Waals surface area contributed by atoms with Crippen LogP contribution in [0.3, 0.4) is 0 Å². The Labute approximate surface area is 177 Å². The quantitative estimate of drug-likeness (QED) is 0.679. The Morgan fingerprint density at radius 1 is 1.14 bits per heavy atom. The predicted molar refractivity (Wildman–Crippen MR) is 119 cm³/mol. The lowest BCUT2D eigenvalue weighted by atomic mass is 9.90. The van der Waals surface area contributed by atoms with Gasteiger partial charge in [-0.3, -0.25) is 4.79 Å². The summed E-state index contributed by atoms with van der Waals surface area (Å²) in [5.74, 6) is 0.962. The number of hydrogen-bond acceptors (Lipinski definition) is 3. The molecule has 1 saturated heterocycles. The van der Waals surface area contributed by atoms with Crippen LogP contribution in [0, 0.1) is 5.92 Å². The summed E-state index contributed by atoms with van der Waals surface area (Å²) in [5, 5.41) is 1.01. The number of amides is 1. The minimum absolute atomic E-state index is 0.00918. The molecule has 152 valence electrons. The number of para-hydroxylation sites is 1. The number of nitrogens with zero attached hydrogens (tertiary/aromatic N) is 2. The normalized spacial score (nSPS) is 20.5. The van der Waals surface area contributed by atoms with Gasteiger partial charge in [0.25, 0.3) is 5.91 Å². The number of likely N-dealkylation sites (N-methyl/N-ethyl adjacent to an activating group) is 1. The van der Waals surface area contributed by atoms with E-state index < -0.39 is 0 Å². The van der Waals surface area contributed by atoms with E-state index in [9.17, 15) is 4.79 Å². The second-order valence-corrected chi connectivity index (χ2v) is 9.32. The van der Waals surface area contributed by atoms with Crippen LogP contribution in [0.2, 0.25) is 0 Å². The van der Waals surface area contributed by atoms with Gasteiger partial charge < -0.3 is 9.80 Å². The number of carbonyl (C=O) groups excluding carboxylic acids is 1. The number of nitrogens with one attached hydrogen (secondary N) is 1. The number of fused-ring (bicyclic) bond motifs is 1. The second-order valence-electron chi connectivity index (χ2n) is 8.26. The Morgan fingerprint density at radius 3 is 2.55 bits per heavy atom. The molecule has 29 heavy (non-hydrogen) atoms. The Hall–Kier alpha value is -2.24. The molecule has 1 atom stereocenters. The van der Waals surface area contributed by atoms with Gasteiger partial charge in [-0.25, -0.2) is 4.98 Å². The molecule has 1 N–H and O–H groups in total. The molecule has 4 nitrogen and oxygen atoms in total. The highest BCUT2D eigenvalue weighted by Gasteiger charge is 2.27. The van der Waals surface area contributed by atoms with Gasteiger partial charge in [0.15, 0.2) is 6.54 Å². The molecule has 0 aliphatic carbocycles. The number of carbonyl (C=O) groups is 1. The molecule has 0 spiro atoms. The van der Waals surface area contributed by atoms with Gasteiger partial charge in [-0.05, 0) is 49.8 Å². The average Bonchev–Trinajstić information content (AvgIpc) is 3.19. The van der Waals surface area contributed by atoms with Crippen molar-refractivity contribution >= 4 is 27.5 Å². The molecule has 0 saturated carbocycles. The zero-order valence-corrected chi connectivity index (χ0v) is 18.1. The second kappa shape index (κ2) is 9.06. The SMILES string of the molecule is C[C@@H](c1nc2ccccc2s1)N(C)C(=O)C[NH+]1CCC(Cc2ccccc2)CC1. The van der Waals surface area contributed by atoms with Crippen LogP contribution in [0.5, 0.6) is 0 Å². The van der Waals surface area contributed by atoms with Crippen LogP contribution in [0.25, 0.3) is 10.2 Å². The summed E-state index contributed by atoms with van der Waals surface area (Å²) < 4.78 is 1.18. The molecule has 1 aliphatic rings. The largest absolute Gasteiger partial charge is 0.332 e. The summed E-state index contributed by atoms with van der Waals surface area (Å²) in [5.41, 5.74) is 2.45. The van der Waals surface area contributed by atoms with E-state index in [-0.39, 0.29) is 11.9 Å². The van der Waals surface area contributed by atoms with E-state index in [0.717, 1.165) is 36.0 Å². The highest BCUT2D eigenvalue weighted by molar-refractivity contribution is 7.18. The predicted octanol–water partition coefficient (Wildman–Crippen LogP) is 3.35. The number of quaternary nitrogens is 1. The fourth-order valence-electron chi connectivity index (χ4n) is 4.20. The van der Waals surface area contributed by atoms with Crippen molar-refractivity contribution in [3.63, 3.8) is 0 Å². The maximum atomic E-state index is 12.9. The number of rotatable bonds is 6. The maximum Gasteiger partial charge on any atom is 0.278 e. The Balaban J connectivity index is 1.29. The third-order valence-corrected chi connectivity index (χ3v) is 7.43. The number of hydrogen-bond donors (Lipinski definition) is 1. The zero-order chi connectivity index (χ0) is 20.2. The molecule has 1 aliphatic heterocycles. The molecule has 1 fully saturated rings. The molecular formula is C24H30N3OS+. The number of likely N-dealkylation sites (tertiary alicyclic amines) is 1. The highest BCUT2D eigenvalue weighted by Crippen LogP contribution is 2.28. The van der Waals surface area contributed by atoms with Crippen molar-refractivity contribution in [1.82, 2.24) is 9.88 Å². The molecule has 5 heteroatoms. The van der Waals surface area contributed by atoms with Crippen LogP contribution in [0.1, 0.15) is 36.4 Å². The number of aromatic nitrogens is 1. The molecular weight excluding hydrogens is 378 g/mol. The number of benzene rings is 2. The van der Waals surface area contributed by atoms with Crippen LogP contribution >= 0.6 is 11.3 Å². The van der Waals surface area contributed by atoms with E-state index in [1.807, 2.05) is 30.1 Å². The van der Waals surface area contributed by atoms with E-state index in [0.29, 0.717) is 6.54 Å². The molecule has 0 radical (unpaired) electrons. The molecule has 2 heterocycles. The fourth-order valence-corrected chi connectivity index (χ4v) is 5.27. The maximum absolute atomic E-state index is 12.9. The summed E-state index contributed by atoms with van der Waals surface area (Å²) in [4.78, 5) is 20.9. The van der Waals surface area contributed by atoms with Gasteiger partial charge in [0.1, 0.15) is 5.01 Å². The first-order valence-electron chi connectivity index (χ1n) is 10.6. The van der Waals surface area contributed by atoms with E-state index in [1.54, 1.807) is 11.3 Å². The van der Waals surface area contributed by atoms with E-state index in [4.69, 9.17) is 4.98 Å². The van der Waals surface area contributed by atoms with Gasteiger partial charge in [-0.1, -0.05) is 42.5 Å². The summed E-state index contributed by atoms with van der Waals surface area (Å²) in [7, 11) is 1.92. The minimum Gasteiger partial charge on any atom is -0.332 e. The van der Waals surface area contributed by atoms with Gasteiger partial charge in [-0.2, -0.15) is 0 Å². The van der Waals surface area contributed by atoms with E-state index in [2.05, 4.69) is 43.3 Å². The van der Waals surface area contributed by atoms with Crippen molar-refractivity contribution in [3.8, 4) is 0 Å². The van der Waals surface area contributed by atoms with Crippen molar-refractivity contribution in [1.29, 1.82) is 0 Å². The number of thiazole rings is 1. The van der Waals surface area contributed by atoms with Crippen LogP contribution in [0.4, 0.5) is 0 Å². The summed E-state index contributed by atoms with van der Waals surface area (Å²) in [6, 6.07) is 19.0. The Bertz CT molecular complexity index is 914. The lowest BCUT2D eigenvalue weighted by Gasteiger charge is -2.31. The van der Waals surface area contributed by atoms with E-state index in [1.165, 1.54) is 28.0 Å². The molecule has 4 rings (SSSR count). The minimum atomic E-state index is 0.00918. The molecule has 1 aromatic heterocycles. The van der Waals surface area contributed by atoms with Crippen LogP contribution in [-0.2, 0) is 11.2 Å². The molecule has 1 amide bonds. The van der Waals surface area contributed by atoms with Crippen molar-refractivity contribution < 1.29 is 9.69 Å². The molecule has 0 unspecified atom stereocenters. The smallest absolute Gasteiger partial charge is 0.278 e. The summed E-state index contributed by atoms with van der Waals surface area (Å²) >= 11 is 1.69. The average molecular weight is 409 g/mol. The van der Waals surface area contributed by atoms with Gasteiger partial charge in [-0.15, -0.1) is 11.3 Å². The lowest BCUT2D eigenvalue weighted by molar-refractivity contribution is -0.898. The first kappa shape index (κ1) is 20.0. The monoisotopic (exact) mass is 408 g/mol. The summed E-state index contributed by atoms with van der Waals surface area (Å²) in [6.45, 7) is 4.85. The Morgan fingerprint density at radius 2 is 1.83 bits per heavy atom. The lowest BCUT2D eigenvalue weighted by Crippen LogP contribution is -3.14. The topological polar surface area (TPSA) is 37.6 Å². The van der Waals surface area contributed by atoms with Gasteiger partial charge in [0, 0.05) is 7.05 Å². The van der Waals surface area contributed by atoms with Crippen molar-refractivity contribution in [2.24, 2.45) is 5.92 Å². The van der Waals surface area contributed by atoms with Gasteiger partial charge in [0.05, 0.1) is 29.3 Å². The standard InChI is InChI=1S/C24H29N3OS/c1-18(24-25-21-10-6-7-11-22(21)29-24)26(2)23(28)17-27-14-12-20(13-15-27)16-19-8-4-3-5-9-19/h3-11,18,20H,12-17H2,1-2H3/p+1/t18-/m0/s1. The van der Waals surface area contributed by atoms with Crippen molar-refractivity contribution in [2.75, 3.05) is 26.7 Å². The Kier molecular flexibility index (Phi) is 6.26. The van der Waals surface area contributed by atoms with Gasteiger partial charge in [0.2, 0.25) is 0 Å². The first-order chi connectivity index (χ1) is 14.1. The van der Waals surface area contributed by atoms with Crippen LogP contribution in [-0.4, -0.2) is 42.5 Å².